The van der Waals surface area contributed by atoms with E-state index in [9.17, 15) is 0 Å². The Morgan fingerprint density at radius 2 is 2.14 bits per heavy atom. The van der Waals surface area contributed by atoms with Crippen molar-refractivity contribution in [1.29, 1.82) is 0 Å². The van der Waals surface area contributed by atoms with Gasteiger partial charge in [-0.1, -0.05) is 18.5 Å². The van der Waals surface area contributed by atoms with Crippen molar-refractivity contribution in [3.8, 4) is 0 Å². The molecule has 1 aromatic heterocycles. The lowest BCUT2D eigenvalue weighted by Crippen LogP contribution is -2.56. The van der Waals surface area contributed by atoms with E-state index in [1.807, 2.05) is 18.7 Å². The van der Waals surface area contributed by atoms with Crippen LogP contribution in [0.25, 0.3) is 0 Å². The Morgan fingerprint density at radius 3 is 2.62 bits per heavy atom. The molecule has 21 heavy (non-hydrogen) atoms. The normalized spacial score (nSPS) is 19.7. The summed E-state index contributed by atoms with van der Waals surface area (Å²) in [5, 5.41) is 8.75. The van der Waals surface area contributed by atoms with Gasteiger partial charge in [0, 0.05) is 52.7 Å². The molecule has 0 spiro atoms. The minimum Gasteiger partial charge on any atom is -0.381 e. The van der Waals surface area contributed by atoms with Gasteiger partial charge in [0.25, 0.3) is 0 Å². The van der Waals surface area contributed by atoms with Crippen molar-refractivity contribution < 1.29 is 9.47 Å². The van der Waals surface area contributed by atoms with E-state index in [1.54, 1.807) is 7.11 Å². The summed E-state index contributed by atoms with van der Waals surface area (Å²) in [6, 6.07) is 0.198. The third kappa shape index (κ3) is 3.42. The molecule has 2 heterocycles. The maximum absolute atomic E-state index is 6.41. The van der Waals surface area contributed by atoms with Crippen LogP contribution in [0.2, 0.25) is 5.02 Å². The van der Waals surface area contributed by atoms with Gasteiger partial charge in [0.2, 0.25) is 0 Å². The molecule has 120 valence electrons. The number of halogens is 1. The Kier molecular flexibility index (Phi) is 5.66. The number of ether oxygens (including phenoxy) is 2. The maximum atomic E-state index is 6.41. The maximum Gasteiger partial charge on any atom is 0.0878 e. The Morgan fingerprint density at radius 1 is 1.48 bits per heavy atom. The van der Waals surface area contributed by atoms with Gasteiger partial charge < -0.3 is 14.8 Å². The fraction of sp³-hybridized carbons (Fsp3) is 0.800. The summed E-state index contributed by atoms with van der Waals surface area (Å²) in [6.45, 7) is 6.44. The number of hydrogen-bond donors (Lipinski definition) is 1. The van der Waals surface area contributed by atoms with E-state index < -0.39 is 0 Å². The van der Waals surface area contributed by atoms with E-state index in [0.29, 0.717) is 0 Å². The van der Waals surface area contributed by atoms with Gasteiger partial charge in [0.05, 0.1) is 22.0 Å². The number of aryl methyl sites for hydroxylation is 2. The summed E-state index contributed by atoms with van der Waals surface area (Å²) in [5.41, 5.74) is 1.74. The number of hydrogen-bond acceptors (Lipinski definition) is 4. The first-order valence-corrected chi connectivity index (χ1v) is 7.96. The van der Waals surface area contributed by atoms with Crippen LogP contribution in [0.3, 0.4) is 0 Å². The number of nitrogens with zero attached hydrogens (tertiary/aromatic N) is 2. The van der Waals surface area contributed by atoms with Gasteiger partial charge >= 0.3 is 0 Å². The van der Waals surface area contributed by atoms with Crippen molar-refractivity contribution in [3.05, 3.63) is 16.4 Å². The van der Waals surface area contributed by atoms with E-state index >= 15 is 0 Å². The molecule has 1 unspecified atom stereocenters. The van der Waals surface area contributed by atoms with Crippen molar-refractivity contribution in [2.24, 2.45) is 7.05 Å². The molecule has 1 aliphatic rings. The lowest BCUT2D eigenvalue weighted by Gasteiger charge is -2.42. The first-order chi connectivity index (χ1) is 10.0. The number of methoxy groups -OCH3 is 1. The third-order valence-electron chi connectivity index (χ3n) is 4.49. The highest BCUT2D eigenvalue weighted by Gasteiger charge is 2.41. The molecule has 1 N–H and O–H groups in total. The predicted molar refractivity (Wildman–Crippen MR) is 83.9 cm³/mol. The summed E-state index contributed by atoms with van der Waals surface area (Å²) in [5.74, 6) is 0. The number of aromatic nitrogens is 2. The molecule has 1 fully saturated rings. The fourth-order valence-electron chi connectivity index (χ4n) is 3.20. The van der Waals surface area contributed by atoms with Crippen LogP contribution in [0.5, 0.6) is 0 Å². The van der Waals surface area contributed by atoms with E-state index in [1.165, 1.54) is 0 Å². The Hall–Kier alpha value is -0.620. The minimum absolute atomic E-state index is 0.198. The lowest BCUT2D eigenvalue weighted by atomic mass is 9.83. The van der Waals surface area contributed by atoms with Crippen molar-refractivity contribution in [2.45, 2.75) is 44.8 Å². The molecule has 0 aromatic carbocycles. The average molecular weight is 316 g/mol. The zero-order valence-corrected chi connectivity index (χ0v) is 14.2. The van der Waals surface area contributed by atoms with Gasteiger partial charge in [-0.25, -0.2) is 0 Å². The molecule has 0 saturated carbocycles. The van der Waals surface area contributed by atoms with Crippen LogP contribution in [-0.2, 0) is 22.9 Å². The zero-order chi connectivity index (χ0) is 15.5. The topological polar surface area (TPSA) is 48.3 Å². The smallest absolute Gasteiger partial charge is 0.0878 e. The summed E-state index contributed by atoms with van der Waals surface area (Å²) in [7, 11) is 3.74. The van der Waals surface area contributed by atoms with Gasteiger partial charge in [0.1, 0.15) is 0 Å². The zero-order valence-electron chi connectivity index (χ0n) is 13.4. The molecule has 5 nitrogen and oxygen atoms in total. The number of nitrogens with one attached hydrogen (secondary N) is 1. The first-order valence-electron chi connectivity index (χ1n) is 7.58. The Balaban J connectivity index is 2.25. The molecule has 0 bridgehead atoms. The van der Waals surface area contributed by atoms with Gasteiger partial charge in [-0.2, -0.15) is 5.10 Å². The molecular weight excluding hydrogens is 290 g/mol. The van der Waals surface area contributed by atoms with Gasteiger partial charge in [-0.15, -0.1) is 0 Å². The van der Waals surface area contributed by atoms with Gasteiger partial charge in [-0.05, 0) is 13.5 Å². The van der Waals surface area contributed by atoms with Crippen molar-refractivity contribution in [1.82, 2.24) is 15.1 Å². The van der Waals surface area contributed by atoms with E-state index in [2.05, 4.69) is 17.3 Å². The van der Waals surface area contributed by atoms with Crippen molar-refractivity contribution in [3.63, 3.8) is 0 Å². The summed E-state index contributed by atoms with van der Waals surface area (Å²) in [4.78, 5) is 0. The van der Waals surface area contributed by atoms with Gasteiger partial charge in [-0.3, -0.25) is 4.68 Å². The van der Waals surface area contributed by atoms with Crippen LogP contribution in [0.1, 0.15) is 31.2 Å². The quantitative estimate of drug-likeness (QED) is 0.873. The van der Waals surface area contributed by atoms with Crippen LogP contribution >= 0.6 is 11.6 Å². The SMILES string of the molecule is CCNC(Cc1c(Cl)c(C)nn1C)C1(OC)CCOCC1. The molecule has 0 radical (unpaired) electrons. The number of rotatable bonds is 6. The summed E-state index contributed by atoms with van der Waals surface area (Å²) < 4.78 is 13.3. The molecule has 2 rings (SSSR count). The average Bonchev–Trinajstić information content (AvgIpc) is 2.73. The highest BCUT2D eigenvalue weighted by atomic mass is 35.5. The lowest BCUT2D eigenvalue weighted by molar-refractivity contribution is -0.110. The van der Waals surface area contributed by atoms with Crippen LogP contribution in [0, 0.1) is 6.92 Å². The molecule has 1 saturated heterocycles. The molecule has 0 aliphatic carbocycles. The Labute approximate surface area is 131 Å². The first kappa shape index (κ1) is 16.7. The molecule has 0 amide bonds. The highest BCUT2D eigenvalue weighted by molar-refractivity contribution is 6.31. The molecule has 6 heteroatoms. The van der Waals surface area contributed by atoms with Crippen LogP contribution in [0.4, 0.5) is 0 Å². The molecule has 1 aromatic rings. The second-order valence-corrected chi connectivity index (χ2v) is 6.04. The van der Waals surface area contributed by atoms with E-state index in [-0.39, 0.29) is 11.6 Å². The third-order valence-corrected chi connectivity index (χ3v) is 4.98. The van der Waals surface area contributed by atoms with Crippen LogP contribution in [0.15, 0.2) is 0 Å². The predicted octanol–water partition coefficient (Wildman–Crippen LogP) is 2.10. The standard InChI is InChI=1S/C15H26ClN3O2/c1-5-17-13(15(20-4)6-8-21-9-7-15)10-12-14(16)11(2)18-19(12)3/h13,17H,5-10H2,1-4H3. The second kappa shape index (κ2) is 7.09. The number of likely N-dealkylation sites (N-methyl/N-ethyl adjacent to an activating group) is 1. The second-order valence-electron chi connectivity index (χ2n) is 5.67. The minimum atomic E-state index is -0.199. The van der Waals surface area contributed by atoms with Crippen LogP contribution in [-0.4, -0.2) is 48.3 Å². The van der Waals surface area contributed by atoms with Gasteiger partial charge in [0.15, 0.2) is 0 Å². The molecule has 1 aliphatic heterocycles. The monoisotopic (exact) mass is 315 g/mol. The van der Waals surface area contributed by atoms with E-state index in [0.717, 1.165) is 55.4 Å². The molecule has 1 atom stereocenters. The van der Waals surface area contributed by atoms with Crippen LogP contribution < -0.4 is 5.32 Å². The van der Waals surface area contributed by atoms with Crippen molar-refractivity contribution >= 4 is 11.6 Å². The summed E-state index contributed by atoms with van der Waals surface area (Å²) >= 11 is 6.41. The van der Waals surface area contributed by atoms with Crippen molar-refractivity contribution in [2.75, 3.05) is 26.9 Å². The highest BCUT2D eigenvalue weighted by Crippen LogP contribution is 2.32. The summed E-state index contributed by atoms with van der Waals surface area (Å²) in [6.07, 6.45) is 2.60. The fourth-order valence-corrected chi connectivity index (χ4v) is 3.43. The largest absolute Gasteiger partial charge is 0.381 e. The molecular formula is C15H26ClN3O2. The van der Waals surface area contributed by atoms with E-state index in [4.69, 9.17) is 21.1 Å². The Bertz CT molecular complexity index is 470.